The molecule has 0 bridgehead atoms. The Hall–Kier alpha value is -2.05. The van der Waals surface area contributed by atoms with Crippen LogP contribution in [0.4, 0.5) is 10.1 Å². The fourth-order valence-corrected chi connectivity index (χ4v) is 3.35. The lowest BCUT2D eigenvalue weighted by Gasteiger charge is -2.15. The van der Waals surface area contributed by atoms with Crippen LogP contribution in [0.25, 0.3) is 10.4 Å². The molecule has 3 aromatic rings. The number of thiophene rings is 1. The van der Waals surface area contributed by atoms with Crippen molar-refractivity contribution in [3.63, 3.8) is 0 Å². The quantitative estimate of drug-likeness (QED) is 0.590. The maximum atomic E-state index is 13.8. The van der Waals surface area contributed by atoms with Gasteiger partial charge in [-0.1, -0.05) is 18.2 Å². The maximum absolute atomic E-state index is 13.8. The molecule has 1 amide bonds. The third kappa shape index (κ3) is 3.33. The average molecular weight is 391 g/mol. The first-order chi connectivity index (χ1) is 11.1. The monoisotopic (exact) mass is 390 g/mol. The Bertz CT molecular complexity index is 848. The van der Waals surface area contributed by atoms with Gasteiger partial charge in [0.25, 0.3) is 5.91 Å². The van der Waals surface area contributed by atoms with Crippen molar-refractivity contribution in [3.8, 4) is 10.4 Å². The molecule has 23 heavy (non-hydrogen) atoms. The summed E-state index contributed by atoms with van der Waals surface area (Å²) in [5.41, 5.74) is 1.20. The number of benzene rings is 1. The largest absolute Gasteiger partial charge is 0.309 e. The van der Waals surface area contributed by atoms with E-state index in [1.54, 1.807) is 55.7 Å². The van der Waals surface area contributed by atoms with Gasteiger partial charge in [-0.25, -0.2) is 9.37 Å². The Morgan fingerprint density at radius 2 is 1.96 bits per heavy atom. The van der Waals surface area contributed by atoms with E-state index in [4.69, 9.17) is 0 Å². The normalized spacial score (nSPS) is 10.6. The topological polar surface area (TPSA) is 33.2 Å². The van der Waals surface area contributed by atoms with E-state index in [1.165, 1.54) is 22.3 Å². The number of carbonyl (C=O) groups excluding carboxylic acids is 1. The van der Waals surface area contributed by atoms with Gasteiger partial charge in [0.15, 0.2) is 0 Å². The summed E-state index contributed by atoms with van der Waals surface area (Å²) in [6.07, 6.45) is 1.62. The number of hydrogen-bond donors (Lipinski definition) is 0. The minimum Gasteiger partial charge on any atom is -0.309 e. The average Bonchev–Trinajstić information content (AvgIpc) is 3.04. The lowest BCUT2D eigenvalue weighted by molar-refractivity contribution is 0.0997. The van der Waals surface area contributed by atoms with Crippen LogP contribution in [0.5, 0.6) is 0 Å². The number of amides is 1. The Labute approximate surface area is 145 Å². The number of carbonyl (C=O) groups is 1. The third-order valence-corrected chi connectivity index (χ3v) is 4.94. The van der Waals surface area contributed by atoms with Gasteiger partial charge in [0.05, 0.1) is 16.8 Å². The van der Waals surface area contributed by atoms with E-state index in [-0.39, 0.29) is 11.7 Å². The first-order valence-electron chi connectivity index (χ1n) is 6.80. The van der Waals surface area contributed by atoms with Crippen molar-refractivity contribution in [1.82, 2.24) is 4.98 Å². The van der Waals surface area contributed by atoms with Gasteiger partial charge in [-0.3, -0.25) is 4.79 Å². The van der Waals surface area contributed by atoms with Gasteiger partial charge in [-0.05, 0) is 46.3 Å². The minimum atomic E-state index is -0.293. The first-order valence-corrected chi connectivity index (χ1v) is 8.41. The van der Waals surface area contributed by atoms with Crippen LogP contribution >= 0.6 is 27.3 Å². The van der Waals surface area contributed by atoms with Crippen LogP contribution in [0.15, 0.2) is 59.3 Å². The fourth-order valence-electron chi connectivity index (χ4n) is 2.11. The van der Waals surface area contributed by atoms with E-state index in [9.17, 15) is 9.18 Å². The second-order valence-electron chi connectivity index (χ2n) is 4.85. The molecule has 1 aromatic carbocycles. The van der Waals surface area contributed by atoms with Crippen molar-refractivity contribution in [2.24, 2.45) is 0 Å². The lowest BCUT2D eigenvalue weighted by atomic mass is 10.2. The maximum Gasteiger partial charge on any atom is 0.268 e. The van der Waals surface area contributed by atoms with Gasteiger partial charge in [-0.2, -0.15) is 0 Å². The van der Waals surface area contributed by atoms with Crippen LogP contribution < -0.4 is 4.90 Å². The number of halogens is 2. The highest BCUT2D eigenvalue weighted by Crippen LogP contribution is 2.31. The molecule has 0 aliphatic rings. The van der Waals surface area contributed by atoms with Crippen molar-refractivity contribution in [2.75, 3.05) is 11.9 Å². The summed E-state index contributed by atoms with van der Waals surface area (Å²) in [6, 6.07) is 13.6. The van der Waals surface area contributed by atoms with Gasteiger partial charge in [-0.15, -0.1) is 11.3 Å². The van der Waals surface area contributed by atoms with Crippen molar-refractivity contribution in [1.29, 1.82) is 0 Å². The summed E-state index contributed by atoms with van der Waals surface area (Å²) in [5.74, 6) is -0.444. The number of nitrogens with zero attached hydrogens (tertiary/aromatic N) is 2. The van der Waals surface area contributed by atoms with Crippen molar-refractivity contribution >= 4 is 38.9 Å². The standard InChI is InChI=1S/C17H12BrFN2OS/c1-21(11-6-9-16(18)20-10-11)17(22)15-8-7-14(23-15)12-4-2-3-5-13(12)19/h2-10H,1H3. The summed E-state index contributed by atoms with van der Waals surface area (Å²) < 4.78 is 14.6. The van der Waals surface area contributed by atoms with Gasteiger partial charge < -0.3 is 4.90 Å². The predicted octanol–water partition coefficient (Wildman–Crippen LogP) is 4.99. The fraction of sp³-hybridized carbons (Fsp3) is 0.0588. The Kier molecular flexibility index (Phi) is 4.54. The molecule has 0 radical (unpaired) electrons. The highest BCUT2D eigenvalue weighted by Gasteiger charge is 2.17. The number of pyridine rings is 1. The molecule has 0 unspecified atom stereocenters. The van der Waals surface area contributed by atoms with Crippen molar-refractivity contribution in [3.05, 3.63) is 70.0 Å². The van der Waals surface area contributed by atoms with Gasteiger partial charge in [0.1, 0.15) is 10.4 Å². The van der Waals surface area contributed by atoms with Crippen LogP contribution in [0.1, 0.15) is 9.67 Å². The predicted molar refractivity (Wildman–Crippen MR) is 94.4 cm³/mol. The molecule has 2 aromatic heterocycles. The van der Waals surface area contributed by atoms with Crippen LogP contribution in [0, 0.1) is 5.82 Å². The van der Waals surface area contributed by atoms with Gasteiger partial charge in [0.2, 0.25) is 0 Å². The SMILES string of the molecule is CN(C(=O)c1ccc(-c2ccccc2F)s1)c1ccc(Br)nc1. The molecule has 0 saturated heterocycles. The molecule has 6 heteroatoms. The molecule has 2 heterocycles. The lowest BCUT2D eigenvalue weighted by Crippen LogP contribution is -2.25. The van der Waals surface area contributed by atoms with Gasteiger partial charge >= 0.3 is 0 Å². The van der Waals surface area contributed by atoms with E-state index in [2.05, 4.69) is 20.9 Å². The Balaban J connectivity index is 1.86. The number of anilines is 1. The molecule has 3 rings (SSSR count). The van der Waals surface area contributed by atoms with E-state index in [1.807, 2.05) is 0 Å². The second kappa shape index (κ2) is 6.60. The molecule has 0 spiro atoms. The molecule has 0 fully saturated rings. The molecule has 0 aliphatic carbocycles. The molecule has 0 atom stereocenters. The number of aromatic nitrogens is 1. The van der Waals surface area contributed by atoms with Gasteiger partial charge in [0, 0.05) is 17.5 Å². The van der Waals surface area contributed by atoms with Crippen LogP contribution in [0.2, 0.25) is 0 Å². The zero-order valence-electron chi connectivity index (χ0n) is 12.2. The van der Waals surface area contributed by atoms with Crippen LogP contribution in [-0.4, -0.2) is 17.9 Å². The summed E-state index contributed by atoms with van der Waals surface area (Å²) in [5, 5.41) is 0. The molecule has 0 saturated carbocycles. The summed E-state index contributed by atoms with van der Waals surface area (Å²) in [6.45, 7) is 0. The first kappa shape index (κ1) is 15.8. The zero-order valence-corrected chi connectivity index (χ0v) is 14.6. The highest BCUT2D eigenvalue weighted by atomic mass is 79.9. The molecular weight excluding hydrogens is 379 g/mol. The molecule has 0 N–H and O–H groups in total. The number of rotatable bonds is 3. The van der Waals surface area contributed by atoms with Crippen LogP contribution in [0.3, 0.4) is 0 Å². The molecule has 0 aliphatic heterocycles. The molecular formula is C17H12BrFN2OS. The van der Waals surface area contributed by atoms with E-state index >= 15 is 0 Å². The van der Waals surface area contributed by atoms with Crippen molar-refractivity contribution < 1.29 is 9.18 Å². The van der Waals surface area contributed by atoms with Crippen molar-refractivity contribution in [2.45, 2.75) is 0 Å². The summed E-state index contributed by atoms with van der Waals surface area (Å²) >= 11 is 4.54. The summed E-state index contributed by atoms with van der Waals surface area (Å²) in [4.78, 5) is 19.5. The van der Waals surface area contributed by atoms with E-state index < -0.39 is 0 Å². The smallest absolute Gasteiger partial charge is 0.268 e. The van der Waals surface area contributed by atoms with E-state index in [0.717, 1.165) is 4.88 Å². The molecule has 3 nitrogen and oxygen atoms in total. The van der Waals surface area contributed by atoms with Crippen LogP contribution in [-0.2, 0) is 0 Å². The van der Waals surface area contributed by atoms with E-state index in [0.29, 0.717) is 20.7 Å². The zero-order chi connectivity index (χ0) is 16.4. The Morgan fingerprint density at radius 3 is 2.65 bits per heavy atom. The highest BCUT2D eigenvalue weighted by molar-refractivity contribution is 9.10. The Morgan fingerprint density at radius 1 is 1.17 bits per heavy atom. The third-order valence-electron chi connectivity index (χ3n) is 3.36. The minimum absolute atomic E-state index is 0.151. The summed E-state index contributed by atoms with van der Waals surface area (Å²) in [7, 11) is 1.69. The number of hydrogen-bond acceptors (Lipinski definition) is 3. The molecule has 116 valence electrons. The second-order valence-corrected chi connectivity index (χ2v) is 6.74.